The van der Waals surface area contributed by atoms with Crippen molar-refractivity contribution in [1.29, 1.82) is 0 Å². The van der Waals surface area contributed by atoms with Crippen molar-refractivity contribution >= 4 is 35.1 Å². The zero-order chi connectivity index (χ0) is 18.1. The summed E-state index contributed by atoms with van der Waals surface area (Å²) in [4.78, 5) is 35.7. The summed E-state index contributed by atoms with van der Waals surface area (Å²) >= 11 is 11.8. The Kier molecular flexibility index (Phi) is 4.47. The van der Waals surface area contributed by atoms with Crippen molar-refractivity contribution in [2.75, 3.05) is 0 Å². The number of hydrogen-bond donors (Lipinski definition) is 1. The van der Waals surface area contributed by atoms with Crippen LogP contribution in [0.15, 0.2) is 39.6 Å². The molecule has 0 radical (unpaired) electrons. The molecule has 0 aliphatic heterocycles. The minimum atomic E-state index is -1.09. The molecule has 0 aliphatic carbocycles. The van der Waals surface area contributed by atoms with Crippen molar-refractivity contribution in [3.8, 4) is 5.88 Å². The molecule has 1 N–H and O–H groups in total. The number of benzene rings is 1. The molecule has 0 aliphatic rings. The number of aromatic nitrogens is 3. The van der Waals surface area contributed by atoms with Crippen molar-refractivity contribution in [3.05, 3.63) is 67.7 Å². The lowest BCUT2D eigenvalue weighted by molar-refractivity contribution is 0.103. The third kappa shape index (κ3) is 3.49. The topological polar surface area (TPSA) is 107 Å². The third-order valence-electron chi connectivity index (χ3n) is 3.09. The lowest BCUT2D eigenvalue weighted by atomic mass is 10.1. The van der Waals surface area contributed by atoms with Gasteiger partial charge >= 0.3 is 6.09 Å². The lowest BCUT2D eigenvalue weighted by Crippen LogP contribution is -2.25. The summed E-state index contributed by atoms with van der Waals surface area (Å²) in [6.07, 6.45) is -1.09. The molecule has 0 unspecified atom stereocenters. The van der Waals surface area contributed by atoms with E-state index in [-0.39, 0.29) is 27.9 Å². The van der Waals surface area contributed by atoms with Crippen LogP contribution in [0.4, 0.5) is 4.79 Å². The Morgan fingerprint density at radius 2 is 2.00 bits per heavy atom. The minimum absolute atomic E-state index is 0.0370. The van der Waals surface area contributed by atoms with E-state index in [1.807, 2.05) is 0 Å². The second kappa shape index (κ2) is 6.58. The van der Waals surface area contributed by atoms with Crippen LogP contribution < -0.4 is 10.3 Å². The van der Waals surface area contributed by atoms with Crippen LogP contribution in [-0.4, -0.2) is 26.8 Å². The Bertz CT molecular complexity index is 1030. The van der Waals surface area contributed by atoms with Crippen molar-refractivity contribution < 1.29 is 18.8 Å². The van der Waals surface area contributed by atoms with E-state index in [9.17, 15) is 14.4 Å². The van der Waals surface area contributed by atoms with Gasteiger partial charge in [-0.15, -0.1) is 5.10 Å². The molecule has 0 bridgehead atoms. The van der Waals surface area contributed by atoms with E-state index in [4.69, 9.17) is 32.5 Å². The number of aromatic amines is 1. The zero-order valence-corrected chi connectivity index (χ0v) is 14.1. The predicted molar refractivity (Wildman–Crippen MR) is 87.6 cm³/mol. The zero-order valence-electron chi connectivity index (χ0n) is 12.6. The van der Waals surface area contributed by atoms with Gasteiger partial charge in [-0.25, -0.2) is 4.79 Å². The standard InChI is InChI=1S/C15H9Cl2N3O5/c1-7-4-13(21)20(25-7)15(23)24-12-6-11(18-19-12)14(22)9-3-2-8(16)5-10(9)17/h2-6H,1H3,(H,18,19). The number of nitrogens with one attached hydrogen (secondary N) is 1. The monoisotopic (exact) mass is 381 g/mol. The Labute approximate surface area is 149 Å². The first kappa shape index (κ1) is 17.0. The molecule has 128 valence electrons. The molecule has 0 fully saturated rings. The van der Waals surface area contributed by atoms with E-state index < -0.39 is 17.4 Å². The molecular weight excluding hydrogens is 373 g/mol. The second-order valence-corrected chi connectivity index (χ2v) is 5.76. The van der Waals surface area contributed by atoms with Gasteiger partial charge in [0.2, 0.25) is 11.7 Å². The Hall–Kier alpha value is -2.84. The number of carbonyl (C=O) groups is 2. The molecule has 0 spiro atoms. The highest BCUT2D eigenvalue weighted by atomic mass is 35.5. The first-order valence-corrected chi connectivity index (χ1v) is 7.58. The van der Waals surface area contributed by atoms with Gasteiger partial charge in [0.15, 0.2) is 0 Å². The van der Waals surface area contributed by atoms with E-state index in [0.717, 1.165) is 6.07 Å². The lowest BCUT2D eigenvalue weighted by Gasteiger charge is -2.01. The van der Waals surface area contributed by atoms with E-state index >= 15 is 0 Å². The van der Waals surface area contributed by atoms with Gasteiger partial charge in [0.1, 0.15) is 11.5 Å². The highest BCUT2D eigenvalue weighted by molar-refractivity contribution is 6.37. The third-order valence-corrected chi connectivity index (χ3v) is 3.64. The van der Waals surface area contributed by atoms with Crippen LogP contribution >= 0.6 is 23.2 Å². The van der Waals surface area contributed by atoms with Gasteiger partial charge < -0.3 is 9.26 Å². The van der Waals surface area contributed by atoms with Crippen molar-refractivity contribution in [1.82, 2.24) is 14.9 Å². The number of hydrogen-bond acceptors (Lipinski definition) is 6. The van der Waals surface area contributed by atoms with Crippen molar-refractivity contribution in [3.63, 3.8) is 0 Å². The molecule has 0 amide bonds. The summed E-state index contributed by atoms with van der Waals surface area (Å²) in [7, 11) is 0. The number of nitrogens with zero attached hydrogens (tertiary/aromatic N) is 2. The molecule has 2 aromatic heterocycles. The van der Waals surface area contributed by atoms with E-state index in [0.29, 0.717) is 9.76 Å². The summed E-state index contributed by atoms with van der Waals surface area (Å²) in [5, 5.41) is 6.69. The Balaban J connectivity index is 1.80. The summed E-state index contributed by atoms with van der Waals surface area (Å²) in [6, 6.07) is 6.74. The molecular formula is C15H9Cl2N3O5. The number of ether oxygens (including phenoxy) is 1. The highest BCUT2D eigenvalue weighted by Crippen LogP contribution is 2.23. The summed E-state index contributed by atoms with van der Waals surface area (Å²) in [6.45, 7) is 1.51. The number of H-pyrrole nitrogens is 1. The molecule has 3 rings (SSSR count). The number of carbonyl (C=O) groups excluding carboxylic acids is 2. The average Bonchev–Trinajstić information content (AvgIpc) is 3.13. The van der Waals surface area contributed by atoms with Gasteiger partial charge in [-0.2, -0.15) is 0 Å². The molecule has 10 heteroatoms. The smallest absolute Gasteiger partial charge is 0.387 e. The summed E-state index contributed by atoms with van der Waals surface area (Å²) in [5.41, 5.74) is -0.442. The number of rotatable bonds is 3. The summed E-state index contributed by atoms with van der Waals surface area (Å²) in [5.74, 6) is -0.431. The van der Waals surface area contributed by atoms with Crippen LogP contribution in [0.2, 0.25) is 10.0 Å². The molecule has 0 saturated heterocycles. The maximum atomic E-state index is 12.4. The molecule has 25 heavy (non-hydrogen) atoms. The SMILES string of the molecule is Cc1cc(=O)n(C(=O)Oc2cc(C(=O)c3ccc(Cl)cc3Cl)[nH]n2)o1. The molecule has 2 heterocycles. The quantitative estimate of drug-likeness (QED) is 0.698. The van der Waals surface area contributed by atoms with Gasteiger partial charge in [0, 0.05) is 22.7 Å². The van der Waals surface area contributed by atoms with Crippen molar-refractivity contribution in [2.45, 2.75) is 6.92 Å². The normalized spacial score (nSPS) is 10.7. The number of aryl methyl sites for hydroxylation is 1. The fourth-order valence-corrected chi connectivity index (χ4v) is 2.49. The van der Waals surface area contributed by atoms with Gasteiger partial charge in [-0.1, -0.05) is 27.9 Å². The van der Waals surface area contributed by atoms with E-state index in [2.05, 4.69) is 10.2 Å². The van der Waals surface area contributed by atoms with Gasteiger partial charge in [0.25, 0.3) is 5.56 Å². The average molecular weight is 382 g/mol. The number of ketones is 1. The van der Waals surface area contributed by atoms with E-state index in [1.54, 1.807) is 0 Å². The van der Waals surface area contributed by atoms with Crippen LogP contribution in [-0.2, 0) is 0 Å². The fourth-order valence-electron chi connectivity index (χ4n) is 2.00. The van der Waals surface area contributed by atoms with Crippen LogP contribution in [0.5, 0.6) is 5.88 Å². The molecule has 0 saturated carbocycles. The van der Waals surface area contributed by atoms with Crippen LogP contribution in [0.25, 0.3) is 0 Å². The van der Waals surface area contributed by atoms with E-state index in [1.165, 1.54) is 31.2 Å². The fraction of sp³-hybridized carbons (Fsp3) is 0.0667. The molecule has 1 aromatic carbocycles. The first-order valence-electron chi connectivity index (χ1n) is 6.82. The molecule has 0 atom stereocenters. The Morgan fingerprint density at radius 3 is 2.64 bits per heavy atom. The minimum Gasteiger partial charge on any atom is -0.387 e. The first-order chi connectivity index (χ1) is 11.8. The largest absolute Gasteiger partial charge is 0.458 e. The predicted octanol–water partition coefficient (Wildman–Crippen LogP) is 3.06. The summed E-state index contributed by atoms with van der Waals surface area (Å²) < 4.78 is 10.2. The van der Waals surface area contributed by atoms with Crippen molar-refractivity contribution in [2.24, 2.45) is 0 Å². The molecule has 8 nitrogen and oxygen atoms in total. The number of halogens is 2. The van der Waals surface area contributed by atoms with Crippen LogP contribution in [0.1, 0.15) is 21.8 Å². The van der Waals surface area contributed by atoms with Crippen LogP contribution in [0, 0.1) is 6.92 Å². The maximum Gasteiger partial charge on any atom is 0.458 e. The van der Waals surface area contributed by atoms with Gasteiger partial charge in [-0.3, -0.25) is 14.7 Å². The highest BCUT2D eigenvalue weighted by Gasteiger charge is 2.19. The van der Waals surface area contributed by atoms with Crippen LogP contribution in [0.3, 0.4) is 0 Å². The maximum absolute atomic E-state index is 12.4. The molecule has 3 aromatic rings. The van der Waals surface area contributed by atoms with Gasteiger partial charge in [0.05, 0.1) is 5.02 Å². The van der Waals surface area contributed by atoms with Gasteiger partial charge in [-0.05, 0) is 25.1 Å². The second-order valence-electron chi connectivity index (χ2n) is 4.92. The Morgan fingerprint density at radius 1 is 1.24 bits per heavy atom.